The van der Waals surface area contributed by atoms with E-state index in [1.165, 1.54) is 26.3 Å². The summed E-state index contributed by atoms with van der Waals surface area (Å²) < 4.78 is 4.87. The number of amides is 3. The van der Waals surface area contributed by atoms with Gasteiger partial charge in [0.15, 0.2) is 0 Å². The molecule has 0 aliphatic heterocycles. The number of anilines is 1. The van der Waals surface area contributed by atoms with Crippen LogP contribution in [0.4, 0.5) is 10.5 Å². The van der Waals surface area contributed by atoms with Crippen LogP contribution in [0.15, 0.2) is 18.2 Å². The summed E-state index contributed by atoms with van der Waals surface area (Å²) in [6.45, 7) is 0. The topological polar surface area (TPSA) is 96.5 Å². The maximum atomic E-state index is 12.6. The lowest BCUT2D eigenvalue weighted by molar-refractivity contribution is -0.144. The van der Waals surface area contributed by atoms with Gasteiger partial charge in [0, 0.05) is 12.7 Å². The summed E-state index contributed by atoms with van der Waals surface area (Å²) in [5, 5.41) is 7.96. The van der Waals surface area contributed by atoms with Crippen molar-refractivity contribution < 1.29 is 19.1 Å². The Morgan fingerprint density at radius 1 is 1.19 bits per heavy atom. The minimum absolute atomic E-state index is 0.0631. The number of carbonyl (C=O) groups excluding carboxylic acids is 3. The molecule has 0 aromatic heterocycles. The molecule has 8 heteroatoms. The standard InChI is InChI=1S/C18H24ClN3O4/c1-20-18(25)21-12-8-9-13(14(19)10-12)16(23)22-15(17(24)26-2)11-6-4-3-5-7-11/h8-11,15H,3-7H2,1-2H3,(H,22,23)(H2,20,21,25)/t15-/m0/s1. The second kappa shape index (κ2) is 9.43. The average Bonchev–Trinajstić information content (AvgIpc) is 2.66. The summed E-state index contributed by atoms with van der Waals surface area (Å²) in [4.78, 5) is 36.1. The van der Waals surface area contributed by atoms with E-state index in [4.69, 9.17) is 16.3 Å². The summed E-state index contributed by atoms with van der Waals surface area (Å²) >= 11 is 6.18. The van der Waals surface area contributed by atoms with Crippen LogP contribution >= 0.6 is 11.6 Å². The first-order valence-electron chi connectivity index (χ1n) is 8.63. The van der Waals surface area contributed by atoms with Gasteiger partial charge in [-0.3, -0.25) is 4.79 Å². The molecule has 0 unspecified atom stereocenters. The quantitative estimate of drug-likeness (QED) is 0.683. The Hall–Kier alpha value is -2.28. The zero-order chi connectivity index (χ0) is 19.1. The Morgan fingerprint density at radius 3 is 2.46 bits per heavy atom. The van der Waals surface area contributed by atoms with Crippen molar-refractivity contribution in [1.29, 1.82) is 0 Å². The Balaban J connectivity index is 2.12. The third kappa shape index (κ3) is 5.11. The highest BCUT2D eigenvalue weighted by Crippen LogP contribution is 2.28. The van der Waals surface area contributed by atoms with Gasteiger partial charge in [0.1, 0.15) is 6.04 Å². The van der Waals surface area contributed by atoms with Gasteiger partial charge in [0.2, 0.25) is 0 Å². The highest BCUT2D eigenvalue weighted by atomic mass is 35.5. The lowest BCUT2D eigenvalue weighted by Crippen LogP contribution is -2.47. The van der Waals surface area contributed by atoms with E-state index in [1.807, 2.05) is 0 Å². The number of nitrogens with one attached hydrogen (secondary N) is 3. The Labute approximate surface area is 157 Å². The van der Waals surface area contributed by atoms with Crippen LogP contribution in [0, 0.1) is 5.92 Å². The van der Waals surface area contributed by atoms with Gasteiger partial charge in [-0.2, -0.15) is 0 Å². The molecule has 1 saturated carbocycles. The summed E-state index contributed by atoms with van der Waals surface area (Å²) in [7, 11) is 2.81. The molecule has 1 aliphatic rings. The van der Waals surface area contributed by atoms with Crippen LogP contribution < -0.4 is 16.0 Å². The molecular weight excluding hydrogens is 358 g/mol. The molecule has 1 aliphatic carbocycles. The summed E-state index contributed by atoms with van der Waals surface area (Å²) in [6, 6.07) is 3.50. The maximum absolute atomic E-state index is 12.6. The first-order chi connectivity index (χ1) is 12.5. The molecule has 2 rings (SSSR count). The third-order valence-corrected chi connectivity index (χ3v) is 4.87. The number of rotatable bonds is 5. The number of benzene rings is 1. The third-order valence-electron chi connectivity index (χ3n) is 4.56. The molecule has 7 nitrogen and oxygen atoms in total. The second-order valence-electron chi connectivity index (χ2n) is 6.27. The van der Waals surface area contributed by atoms with Crippen LogP contribution in [-0.2, 0) is 9.53 Å². The van der Waals surface area contributed by atoms with Gasteiger partial charge in [0.05, 0.1) is 17.7 Å². The fourth-order valence-electron chi connectivity index (χ4n) is 3.15. The van der Waals surface area contributed by atoms with Crippen LogP contribution in [0.1, 0.15) is 42.5 Å². The number of urea groups is 1. The van der Waals surface area contributed by atoms with E-state index in [1.54, 1.807) is 6.07 Å². The molecule has 0 heterocycles. The lowest BCUT2D eigenvalue weighted by Gasteiger charge is -2.29. The highest BCUT2D eigenvalue weighted by Gasteiger charge is 2.32. The summed E-state index contributed by atoms with van der Waals surface area (Å²) in [5.74, 6) is -0.824. The van der Waals surface area contributed by atoms with E-state index in [2.05, 4.69) is 16.0 Å². The average molecular weight is 382 g/mol. The Morgan fingerprint density at radius 2 is 1.88 bits per heavy atom. The molecule has 1 fully saturated rings. The van der Waals surface area contributed by atoms with Crippen LogP contribution in [-0.4, -0.2) is 38.1 Å². The molecule has 1 aromatic carbocycles. The first kappa shape index (κ1) is 20.0. The molecule has 0 bridgehead atoms. The molecule has 3 amide bonds. The summed E-state index contributed by atoms with van der Waals surface area (Å²) in [6.07, 6.45) is 4.97. The number of esters is 1. The van der Waals surface area contributed by atoms with Crippen molar-refractivity contribution in [1.82, 2.24) is 10.6 Å². The molecular formula is C18H24ClN3O4. The number of halogens is 1. The van der Waals surface area contributed by atoms with Gasteiger partial charge >= 0.3 is 12.0 Å². The van der Waals surface area contributed by atoms with Crippen molar-refractivity contribution in [2.45, 2.75) is 38.1 Å². The monoisotopic (exact) mass is 381 g/mol. The number of carbonyl (C=O) groups is 3. The van der Waals surface area contributed by atoms with Crippen LogP contribution in [0.5, 0.6) is 0 Å². The predicted octanol–water partition coefficient (Wildman–Crippen LogP) is 2.94. The number of hydrogen-bond acceptors (Lipinski definition) is 4. The van der Waals surface area contributed by atoms with Crippen molar-refractivity contribution in [2.24, 2.45) is 5.92 Å². The summed E-state index contributed by atoms with van der Waals surface area (Å²) in [5.41, 5.74) is 0.696. The fraction of sp³-hybridized carbons (Fsp3) is 0.500. The smallest absolute Gasteiger partial charge is 0.328 e. The van der Waals surface area contributed by atoms with Gasteiger partial charge < -0.3 is 20.7 Å². The number of methoxy groups -OCH3 is 1. The fourth-order valence-corrected chi connectivity index (χ4v) is 3.42. The van der Waals surface area contributed by atoms with E-state index < -0.39 is 17.9 Å². The van der Waals surface area contributed by atoms with E-state index in [9.17, 15) is 14.4 Å². The number of hydrogen-bond donors (Lipinski definition) is 3. The molecule has 3 N–H and O–H groups in total. The molecule has 1 atom stereocenters. The van der Waals surface area contributed by atoms with Crippen molar-refractivity contribution >= 4 is 35.2 Å². The normalized spacial score (nSPS) is 15.7. The van der Waals surface area contributed by atoms with Crippen molar-refractivity contribution in [3.8, 4) is 0 Å². The molecule has 0 saturated heterocycles. The predicted molar refractivity (Wildman–Crippen MR) is 99.4 cm³/mol. The van der Waals surface area contributed by atoms with Crippen molar-refractivity contribution in [2.75, 3.05) is 19.5 Å². The SMILES string of the molecule is CNC(=O)Nc1ccc(C(=O)N[C@H](C(=O)OC)C2CCCCC2)c(Cl)c1. The highest BCUT2D eigenvalue weighted by molar-refractivity contribution is 6.34. The molecule has 142 valence electrons. The van der Waals surface area contributed by atoms with Gasteiger partial charge in [-0.15, -0.1) is 0 Å². The molecule has 1 aromatic rings. The van der Waals surface area contributed by atoms with E-state index >= 15 is 0 Å². The largest absolute Gasteiger partial charge is 0.467 e. The first-order valence-corrected chi connectivity index (χ1v) is 9.01. The van der Waals surface area contributed by atoms with Crippen LogP contribution in [0.25, 0.3) is 0 Å². The second-order valence-corrected chi connectivity index (χ2v) is 6.68. The van der Waals surface area contributed by atoms with Crippen LogP contribution in [0.2, 0.25) is 5.02 Å². The van der Waals surface area contributed by atoms with Gasteiger partial charge in [-0.25, -0.2) is 9.59 Å². The lowest BCUT2D eigenvalue weighted by atomic mass is 9.83. The van der Waals surface area contributed by atoms with Gasteiger partial charge in [-0.05, 0) is 37.0 Å². The minimum Gasteiger partial charge on any atom is -0.467 e. The molecule has 0 radical (unpaired) electrons. The van der Waals surface area contributed by atoms with E-state index in [-0.39, 0.29) is 22.5 Å². The number of ether oxygens (including phenoxy) is 1. The van der Waals surface area contributed by atoms with Gasteiger partial charge in [-0.1, -0.05) is 30.9 Å². The maximum Gasteiger partial charge on any atom is 0.328 e. The molecule has 26 heavy (non-hydrogen) atoms. The zero-order valence-electron chi connectivity index (χ0n) is 14.9. The Kier molecular flexibility index (Phi) is 7.26. The van der Waals surface area contributed by atoms with E-state index in [0.29, 0.717) is 5.69 Å². The van der Waals surface area contributed by atoms with Crippen molar-refractivity contribution in [3.05, 3.63) is 28.8 Å². The van der Waals surface area contributed by atoms with Gasteiger partial charge in [0.25, 0.3) is 5.91 Å². The minimum atomic E-state index is -0.687. The molecule has 0 spiro atoms. The zero-order valence-corrected chi connectivity index (χ0v) is 15.7. The van der Waals surface area contributed by atoms with Crippen molar-refractivity contribution in [3.63, 3.8) is 0 Å². The van der Waals surface area contributed by atoms with E-state index in [0.717, 1.165) is 32.1 Å². The Bertz CT molecular complexity index is 674. The van der Waals surface area contributed by atoms with Crippen LogP contribution in [0.3, 0.4) is 0 Å².